The van der Waals surface area contributed by atoms with Crippen LogP contribution in [0, 0.1) is 5.82 Å². The highest BCUT2D eigenvalue weighted by molar-refractivity contribution is 5.18. The van der Waals surface area contributed by atoms with E-state index in [9.17, 15) is 8.78 Å². The van der Waals surface area contributed by atoms with Crippen LogP contribution >= 0.6 is 0 Å². The Morgan fingerprint density at radius 2 is 1.85 bits per heavy atom. The van der Waals surface area contributed by atoms with Crippen LogP contribution in [-0.2, 0) is 0 Å². The van der Waals surface area contributed by atoms with E-state index in [1.807, 2.05) is 0 Å². The van der Waals surface area contributed by atoms with Gasteiger partial charge in [0.15, 0.2) is 0 Å². The predicted molar refractivity (Wildman–Crippen MR) is 48.5 cm³/mol. The van der Waals surface area contributed by atoms with Crippen molar-refractivity contribution in [3.8, 4) is 0 Å². The number of hydrogen-bond donors (Lipinski definition) is 1. The van der Waals surface area contributed by atoms with Crippen molar-refractivity contribution in [2.75, 3.05) is 6.54 Å². The highest BCUT2D eigenvalue weighted by Crippen LogP contribution is 2.22. The normalized spacial score (nSPS) is 12.8. The van der Waals surface area contributed by atoms with Gasteiger partial charge in [0.1, 0.15) is 12.0 Å². The topological polar surface area (TPSA) is 26.0 Å². The Morgan fingerprint density at radius 3 is 2.38 bits per heavy atom. The first-order chi connectivity index (χ1) is 6.24. The van der Waals surface area contributed by atoms with Gasteiger partial charge in [-0.15, -0.1) is 0 Å². The summed E-state index contributed by atoms with van der Waals surface area (Å²) in [4.78, 5) is 0. The quantitative estimate of drug-likeness (QED) is 0.766. The standard InChI is InChI=1S/C10H13F2N/c11-9-5-3-8(4-6-9)10(12)2-1-7-13/h3-6,10H,1-2,7,13H2. The molecule has 0 aliphatic rings. The minimum atomic E-state index is -1.02. The first kappa shape index (κ1) is 10.1. The Bertz CT molecular complexity index is 246. The number of nitrogens with two attached hydrogens (primary N) is 1. The summed E-state index contributed by atoms with van der Waals surface area (Å²) >= 11 is 0. The van der Waals surface area contributed by atoms with Crippen molar-refractivity contribution in [3.05, 3.63) is 35.6 Å². The smallest absolute Gasteiger partial charge is 0.125 e. The van der Waals surface area contributed by atoms with Gasteiger partial charge >= 0.3 is 0 Å². The second kappa shape index (κ2) is 4.92. The Kier molecular flexibility index (Phi) is 3.83. The van der Waals surface area contributed by atoms with E-state index in [0.29, 0.717) is 24.9 Å². The molecule has 0 aliphatic heterocycles. The highest BCUT2D eigenvalue weighted by atomic mass is 19.1. The zero-order valence-corrected chi connectivity index (χ0v) is 7.34. The van der Waals surface area contributed by atoms with Crippen LogP contribution in [0.1, 0.15) is 24.6 Å². The molecule has 0 saturated heterocycles. The lowest BCUT2D eigenvalue weighted by atomic mass is 10.1. The molecule has 13 heavy (non-hydrogen) atoms. The van der Waals surface area contributed by atoms with Crippen molar-refractivity contribution in [2.24, 2.45) is 5.73 Å². The Balaban J connectivity index is 2.55. The third-order valence-electron chi connectivity index (χ3n) is 1.89. The van der Waals surface area contributed by atoms with Crippen LogP contribution in [0.25, 0.3) is 0 Å². The summed E-state index contributed by atoms with van der Waals surface area (Å²) in [6.45, 7) is 0.488. The first-order valence-electron chi connectivity index (χ1n) is 4.33. The van der Waals surface area contributed by atoms with Gasteiger partial charge in [0.2, 0.25) is 0 Å². The molecule has 0 amide bonds. The van der Waals surface area contributed by atoms with Gasteiger partial charge in [0.05, 0.1) is 0 Å². The van der Waals surface area contributed by atoms with Crippen LogP contribution in [0.4, 0.5) is 8.78 Å². The molecule has 1 aromatic carbocycles. The molecule has 0 spiro atoms. The van der Waals surface area contributed by atoms with E-state index in [2.05, 4.69) is 0 Å². The van der Waals surface area contributed by atoms with Gasteiger partial charge in [0.25, 0.3) is 0 Å². The summed E-state index contributed by atoms with van der Waals surface area (Å²) in [5, 5.41) is 0. The van der Waals surface area contributed by atoms with Crippen molar-refractivity contribution < 1.29 is 8.78 Å². The molecule has 0 fully saturated rings. The number of hydrogen-bond acceptors (Lipinski definition) is 1. The first-order valence-corrected chi connectivity index (χ1v) is 4.33. The van der Waals surface area contributed by atoms with Gasteiger partial charge < -0.3 is 5.73 Å². The fraction of sp³-hybridized carbons (Fsp3) is 0.400. The molecule has 1 atom stereocenters. The third kappa shape index (κ3) is 3.11. The molecule has 0 aliphatic carbocycles. The molecule has 0 heterocycles. The molecule has 1 unspecified atom stereocenters. The monoisotopic (exact) mass is 185 g/mol. The summed E-state index contributed by atoms with van der Waals surface area (Å²) in [6.07, 6.45) is 0.0323. The van der Waals surface area contributed by atoms with Gasteiger partial charge in [0, 0.05) is 0 Å². The summed E-state index contributed by atoms with van der Waals surface area (Å²) in [5.74, 6) is -0.338. The molecule has 0 aromatic heterocycles. The second-order valence-corrected chi connectivity index (χ2v) is 2.95. The average Bonchev–Trinajstić information content (AvgIpc) is 2.15. The van der Waals surface area contributed by atoms with Gasteiger partial charge in [-0.25, -0.2) is 8.78 Å². The maximum Gasteiger partial charge on any atom is 0.125 e. The van der Waals surface area contributed by atoms with E-state index >= 15 is 0 Å². The summed E-state index contributed by atoms with van der Waals surface area (Å²) < 4.78 is 25.7. The average molecular weight is 185 g/mol. The number of benzene rings is 1. The lowest BCUT2D eigenvalue weighted by Crippen LogP contribution is -2.01. The fourth-order valence-corrected chi connectivity index (χ4v) is 1.14. The van der Waals surface area contributed by atoms with Crippen LogP contribution < -0.4 is 5.73 Å². The fourth-order valence-electron chi connectivity index (χ4n) is 1.14. The van der Waals surface area contributed by atoms with Gasteiger partial charge in [-0.1, -0.05) is 12.1 Å². The number of halogens is 2. The lowest BCUT2D eigenvalue weighted by molar-refractivity contribution is 0.318. The highest BCUT2D eigenvalue weighted by Gasteiger charge is 2.08. The van der Waals surface area contributed by atoms with Gasteiger partial charge in [-0.2, -0.15) is 0 Å². The van der Waals surface area contributed by atoms with Gasteiger partial charge in [-0.3, -0.25) is 0 Å². The van der Waals surface area contributed by atoms with E-state index < -0.39 is 6.17 Å². The van der Waals surface area contributed by atoms with E-state index in [-0.39, 0.29) is 5.82 Å². The SMILES string of the molecule is NCCCC(F)c1ccc(F)cc1. The molecule has 72 valence electrons. The van der Waals surface area contributed by atoms with Crippen molar-refractivity contribution in [3.63, 3.8) is 0 Å². The van der Waals surface area contributed by atoms with Crippen LogP contribution in [0.3, 0.4) is 0 Å². The van der Waals surface area contributed by atoms with Crippen LogP contribution in [-0.4, -0.2) is 6.54 Å². The summed E-state index contributed by atoms with van der Waals surface area (Å²) in [7, 11) is 0. The molecule has 1 aromatic rings. The molecule has 0 radical (unpaired) electrons. The maximum atomic E-state index is 13.3. The molecule has 1 nitrogen and oxygen atoms in total. The van der Waals surface area contributed by atoms with E-state index in [1.165, 1.54) is 24.3 Å². The molecule has 0 bridgehead atoms. The van der Waals surface area contributed by atoms with Crippen molar-refractivity contribution in [1.82, 2.24) is 0 Å². The Morgan fingerprint density at radius 1 is 1.23 bits per heavy atom. The molecule has 2 N–H and O–H groups in total. The summed E-state index contributed by atoms with van der Waals surface area (Å²) in [5.41, 5.74) is 5.78. The van der Waals surface area contributed by atoms with E-state index in [4.69, 9.17) is 5.73 Å². The molecule has 1 rings (SSSR count). The van der Waals surface area contributed by atoms with Gasteiger partial charge in [-0.05, 0) is 37.1 Å². The van der Waals surface area contributed by atoms with Crippen molar-refractivity contribution in [2.45, 2.75) is 19.0 Å². The number of rotatable bonds is 4. The lowest BCUT2D eigenvalue weighted by Gasteiger charge is -2.06. The van der Waals surface area contributed by atoms with Crippen molar-refractivity contribution >= 4 is 0 Å². The molecular formula is C10H13F2N. The molecular weight excluding hydrogens is 172 g/mol. The third-order valence-corrected chi connectivity index (χ3v) is 1.89. The second-order valence-electron chi connectivity index (χ2n) is 2.95. The van der Waals surface area contributed by atoms with E-state index in [0.717, 1.165) is 0 Å². The van der Waals surface area contributed by atoms with Crippen molar-refractivity contribution in [1.29, 1.82) is 0 Å². The maximum absolute atomic E-state index is 13.3. The predicted octanol–water partition coefficient (Wildman–Crippen LogP) is 2.58. The minimum Gasteiger partial charge on any atom is -0.330 e. The number of alkyl halides is 1. The summed E-state index contributed by atoms with van der Waals surface area (Å²) in [6, 6.07) is 5.47. The largest absolute Gasteiger partial charge is 0.330 e. The van der Waals surface area contributed by atoms with Crippen LogP contribution in [0.15, 0.2) is 24.3 Å². The van der Waals surface area contributed by atoms with E-state index in [1.54, 1.807) is 0 Å². The Labute approximate surface area is 76.6 Å². The Hall–Kier alpha value is -0.960. The minimum absolute atomic E-state index is 0.338. The molecule has 3 heteroatoms. The molecule has 0 saturated carbocycles. The van der Waals surface area contributed by atoms with Crippen LogP contribution in [0.2, 0.25) is 0 Å². The zero-order chi connectivity index (χ0) is 9.68. The van der Waals surface area contributed by atoms with Crippen LogP contribution in [0.5, 0.6) is 0 Å². The zero-order valence-electron chi connectivity index (χ0n) is 7.34.